The minimum atomic E-state index is -0.765. The molecule has 2 aromatic rings. The Balaban J connectivity index is 1.70. The predicted octanol–water partition coefficient (Wildman–Crippen LogP) is 4.80. The van der Waals surface area contributed by atoms with E-state index in [1.165, 1.54) is 19.0 Å². The molecule has 0 saturated heterocycles. The molecule has 2 N–H and O–H groups in total. The van der Waals surface area contributed by atoms with Crippen LogP contribution in [0.25, 0.3) is 0 Å². The van der Waals surface area contributed by atoms with Crippen molar-refractivity contribution in [3.8, 4) is 0 Å². The van der Waals surface area contributed by atoms with E-state index in [0.29, 0.717) is 5.69 Å². The number of rotatable bonds is 5. The summed E-state index contributed by atoms with van der Waals surface area (Å²) in [5, 5.41) is 5.36. The van der Waals surface area contributed by atoms with Gasteiger partial charge in [0.25, 0.3) is 5.91 Å². The third-order valence-corrected chi connectivity index (χ3v) is 5.09. The van der Waals surface area contributed by atoms with Crippen LogP contribution >= 0.6 is 0 Å². The van der Waals surface area contributed by atoms with E-state index in [-0.39, 0.29) is 28.8 Å². The molecule has 0 spiro atoms. The van der Waals surface area contributed by atoms with Crippen molar-refractivity contribution in [1.82, 2.24) is 0 Å². The molecule has 1 saturated carbocycles. The molecule has 0 unspecified atom stereocenters. The first-order valence-corrected chi connectivity index (χ1v) is 9.74. The highest BCUT2D eigenvalue weighted by Crippen LogP contribution is 2.27. The Morgan fingerprint density at radius 3 is 2.21 bits per heavy atom. The number of nitrogens with zero attached hydrogens (tertiary/aromatic N) is 1. The fourth-order valence-corrected chi connectivity index (χ4v) is 3.62. The molecule has 0 heterocycles. The van der Waals surface area contributed by atoms with Crippen molar-refractivity contribution in [2.75, 3.05) is 29.6 Å². The van der Waals surface area contributed by atoms with Crippen LogP contribution in [0.1, 0.15) is 42.5 Å². The molecule has 1 aliphatic carbocycles. The maximum atomic E-state index is 14.1. The number of halogens is 2. The highest BCUT2D eigenvalue weighted by molar-refractivity contribution is 6.05. The van der Waals surface area contributed by atoms with Crippen LogP contribution in [-0.2, 0) is 4.79 Å². The van der Waals surface area contributed by atoms with Gasteiger partial charge in [-0.25, -0.2) is 8.78 Å². The number of hydrogen-bond acceptors (Lipinski definition) is 3. The number of nitrogens with one attached hydrogen (secondary N) is 2. The molecule has 0 radical (unpaired) electrons. The lowest BCUT2D eigenvalue weighted by Gasteiger charge is -2.20. The maximum absolute atomic E-state index is 14.1. The normalized spacial score (nSPS) is 14.3. The molecule has 7 heteroatoms. The number of hydrogen-bond donors (Lipinski definition) is 2. The third kappa shape index (κ3) is 5.10. The first-order valence-electron chi connectivity index (χ1n) is 9.74. The number of carbonyl (C=O) groups excluding carboxylic acids is 2. The number of anilines is 3. The highest BCUT2D eigenvalue weighted by atomic mass is 19.1. The minimum Gasteiger partial charge on any atom is -0.373 e. The van der Waals surface area contributed by atoms with E-state index in [4.69, 9.17) is 0 Å². The molecule has 0 aromatic heterocycles. The average Bonchev–Trinajstić information content (AvgIpc) is 2.68. The van der Waals surface area contributed by atoms with Gasteiger partial charge in [0.15, 0.2) is 11.6 Å². The van der Waals surface area contributed by atoms with Gasteiger partial charge in [-0.05, 0) is 43.2 Å². The summed E-state index contributed by atoms with van der Waals surface area (Å²) >= 11 is 0. The summed E-state index contributed by atoms with van der Waals surface area (Å²) in [5.74, 6) is -2.08. The molecule has 2 aromatic carbocycles. The van der Waals surface area contributed by atoms with E-state index in [0.717, 1.165) is 44.2 Å². The van der Waals surface area contributed by atoms with Crippen molar-refractivity contribution >= 4 is 28.9 Å². The SMILES string of the molecule is CN(C)c1c(F)cc(NC(=O)c2cccc(NC(=O)C3CCCCC3)c2)cc1F. The topological polar surface area (TPSA) is 61.4 Å². The van der Waals surface area contributed by atoms with Crippen LogP contribution in [0.3, 0.4) is 0 Å². The average molecular weight is 401 g/mol. The third-order valence-electron chi connectivity index (χ3n) is 5.09. The first-order chi connectivity index (χ1) is 13.8. The van der Waals surface area contributed by atoms with E-state index < -0.39 is 17.5 Å². The van der Waals surface area contributed by atoms with Gasteiger partial charge in [0.2, 0.25) is 5.91 Å². The Labute approximate surface area is 169 Å². The van der Waals surface area contributed by atoms with Crippen molar-refractivity contribution in [1.29, 1.82) is 0 Å². The van der Waals surface area contributed by atoms with E-state index in [1.807, 2.05) is 0 Å². The Morgan fingerprint density at radius 2 is 1.59 bits per heavy atom. The van der Waals surface area contributed by atoms with Crippen LogP contribution in [0.15, 0.2) is 36.4 Å². The van der Waals surface area contributed by atoms with Gasteiger partial charge in [-0.1, -0.05) is 25.3 Å². The van der Waals surface area contributed by atoms with Crippen molar-refractivity contribution < 1.29 is 18.4 Å². The summed E-state index contributed by atoms with van der Waals surface area (Å²) in [6.07, 6.45) is 5.04. The van der Waals surface area contributed by atoms with Crippen molar-refractivity contribution in [2.45, 2.75) is 32.1 Å². The van der Waals surface area contributed by atoms with Crippen LogP contribution in [0, 0.1) is 17.6 Å². The minimum absolute atomic E-state index is 0.00222. The first kappa shape index (κ1) is 20.8. The van der Waals surface area contributed by atoms with Gasteiger partial charge in [-0.2, -0.15) is 0 Å². The van der Waals surface area contributed by atoms with Crippen molar-refractivity contribution in [3.05, 3.63) is 53.6 Å². The summed E-state index contributed by atoms with van der Waals surface area (Å²) < 4.78 is 28.2. The molecule has 1 fully saturated rings. The second kappa shape index (κ2) is 9.03. The van der Waals surface area contributed by atoms with Crippen molar-refractivity contribution in [3.63, 3.8) is 0 Å². The maximum Gasteiger partial charge on any atom is 0.255 e. The quantitative estimate of drug-likeness (QED) is 0.756. The van der Waals surface area contributed by atoms with Crippen LogP contribution < -0.4 is 15.5 Å². The second-order valence-electron chi connectivity index (χ2n) is 7.54. The number of benzene rings is 2. The van der Waals surface area contributed by atoms with Crippen LogP contribution in [0.5, 0.6) is 0 Å². The summed E-state index contributed by atoms with van der Waals surface area (Å²) in [5.41, 5.74) is 0.653. The summed E-state index contributed by atoms with van der Waals surface area (Å²) in [6.45, 7) is 0. The Hall–Kier alpha value is -2.96. The molecule has 5 nitrogen and oxygen atoms in total. The van der Waals surface area contributed by atoms with Gasteiger partial charge in [0, 0.05) is 37.0 Å². The highest BCUT2D eigenvalue weighted by Gasteiger charge is 2.21. The Bertz CT molecular complexity index is 886. The molecule has 29 heavy (non-hydrogen) atoms. The lowest BCUT2D eigenvalue weighted by molar-refractivity contribution is -0.120. The van der Waals surface area contributed by atoms with Crippen LogP contribution in [0.4, 0.5) is 25.8 Å². The van der Waals surface area contributed by atoms with E-state index >= 15 is 0 Å². The smallest absolute Gasteiger partial charge is 0.255 e. The van der Waals surface area contributed by atoms with Gasteiger partial charge < -0.3 is 15.5 Å². The Morgan fingerprint density at radius 1 is 0.931 bits per heavy atom. The van der Waals surface area contributed by atoms with E-state index in [2.05, 4.69) is 10.6 Å². The Kier molecular flexibility index (Phi) is 6.46. The molecular formula is C22H25F2N3O2. The van der Waals surface area contributed by atoms with Gasteiger partial charge in [-0.15, -0.1) is 0 Å². The molecule has 0 aliphatic heterocycles. The predicted molar refractivity (Wildman–Crippen MR) is 110 cm³/mol. The van der Waals surface area contributed by atoms with Gasteiger partial charge in [0.05, 0.1) is 0 Å². The molecule has 154 valence electrons. The number of carbonyl (C=O) groups is 2. The van der Waals surface area contributed by atoms with E-state index in [1.54, 1.807) is 24.3 Å². The molecule has 3 rings (SSSR count). The zero-order chi connectivity index (χ0) is 21.0. The zero-order valence-electron chi connectivity index (χ0n) is 16.6. The van der Waals surface area contributed by atoms with Crippen molar-refractivity contribution in [2.24, 2.45) is 5.92 Å². The summed E-state index contributed by atoms with van der Waals surface area (Å²) in [4.78, 5) is 26.2. The molecule has 2 amide bonds. The second-order valence-corrected chi connectivity index (χ2v) is 7.54. The van der Waals surface area contributed by atoms with Gasteiger partial charge in [-0.3, -0.25) is 9.59 Å². The molecule has 0 bridgehead atoms. The zero-order valence-corrected chi connectivity index (χ0v) is 16.6. The molecular weight excluding hydrogens is 376 g/mol. The summed E-state index contributed by atoms with van der Waals surface area (Å²) in [6, 6.07) is 8.64. The fourth-order valence-electron chi connectivity index (χ4n) is 3.62. The lowest BCUT2D eigenvalue weighted by atomic mass is 9.88. The number of amides is 2. The standard InChI is InChI=1S/C22H25F2N3O2/c1-27(2)20-18(23)12-17(13-19(20)24)26-22(29)15-9-6-10-16(11-15)25-21(28)14-7-4-3-5-8-14/h6,9-14H,3-5,7-8H2,1-2H3,(H,25,28)(H,26,29). The van der Waals surface area contributed by atoms with E-state index in [9.17, 15) is 18.4 Å². The molecule has 1 aliphatic rings. The van der Waals surface area contributed by atoms with Gasteiger partial charge >= 0.3 is 0 Å². The monoisotopic (exact) mass is 401 g/mol. The van der Waals surface area contributed by atoms with Crippen LogP contribution in [-0.4, -0.2) is 25.9 Å². The molecule has 0 atom stereocenters. The largest absolute Gasteiger partial charge is 0.373 e. The fraction of sp³-hybridized carbons (Fsp3) is 0.364. The lowest BCUT2D eigenvalue weighted by Crippen LogP contribution is -2.24. The van der Waals surface area contributed by atoms with Crippen LogP contribution in [0.2, 0.25) is 0 Å². The van der Waals surface area contributed by atoms with Gasteiger partial charge in [0.1, 0.15) is 5.69 Å². The summed E-state index contributed by atoms with van der Waals surface area (Å²) in [7, 11) is 3.07.